The SMILES string of the molecule is CCC(=O)CC(O)(Oc1ccc(Oc2nc3ccccc3s2)cc1)C(=O)OC. The maximum atomic E-state index is 11.9. The van der Waals surface area contributed by atoms with Crippen LogP contribution in [-0.4, -0.2) is 34.7 Å². The van der Waals surface area contributed by atoms with Crippen molar-refractivity contribution in [3.05, 3.63) is 48.5 Å². The van der Waals surface area contributed by atoms with E-state index in [1.54, 1.807) is 19.1 Å². The van der Waals surface area contributed by atoms with E-state index < -0.39 is 18.2 Å². The molecular formula is C20H19NO6S. The maximum Gasteiger partial charge on any atom is 0.379 e. The minimum atomic E-state index is -2.38. The summed E-state index contributed by atoms with van der Waals surface area (Å²) in [4.78, 5) is 28.0. The molecule has 0 saturated carbocycles. The molecule has 0 amide bonds. The van der Waals surface area contributed by atoms with Crippen LogP contribution in [0.5, 0.6) is 16.7 Å². The van der Waals surface area contributed by atoms with Crippen molar-refractivity contribution in [2.24, 2.45) is 0 Å². The number of ether oxygens (including phenoxy) is 3. The fourth-order valence-corrected chi connectivity index (χ4v) is 3.30. The number of nitrogens with zero attached hydrogens (tertiary/aromatic N) is 1. The highest BCUT2D eigenvalue weighted by atomic mass is 32.1. The summed E-state index contributed by atoms with van der Waals surface area (Å²) in [5.74, 6) is -3.05. The number of carbonyl (C=O) groups is 2. The summed E-state index contributed by atoms with van der Waals surface area (Å²) in [6.45, 7) is 1.63. The van der Waals surface area contributed by atoms with E-state index in [1.165, 1.54) is 23.5 Å². The molecule has 2 aromatic carbocycles. The normalized spacial score (nSPS) is 13.0. The maximum absolute atomic E-state index is 11.9. The average Bonchev–Trinajstić information content (AvgIpc) is 3.11. The van der Waals surface area contributed by atoms with Crippen LogP contribution in [0.1, 0.15) is 19.8 Å². The Kier molecular flexibility index (Phi) is 5.91. The van der Waals surface area contributed by atoms with Crippen LogP contribution in [0.15, 0.2) is 48.5 Å². The summed E-state index contributed by atoms with van der Waals surface area (Å²) >= 11 is 1.42. The standard InChI is InChI=1S/C20H19NO6S/c1-3-13(22)12-20(24,18(23)25-2)27-15-10-8-14(9-11-15)26-19-21-16-6-4-5-7-17(16)28-19/h4-11,24H,3,12H2,1-2H3. The van der Waals surface area contributed by atoms with Crippen LogP contribution in [-0.2, 0) is 14.3 Å². The van der Waals surface area contributed by atoms with Gasteiger partial charge in [-0.15, -0.1) is 0 Å². The van der Waals surface area contributed by atoms with Crippen LogP contribution < -0.4 is 9.47 Å². The number of carbonyl (C=O) groups excluding carboxylic acids is 2. The summed E-state index contributed by atoms with van der Waals surface area (Å²) in [6.07, 6.45) is -0.336. The number of methoxy groups -OCH3 is 1. The molecular weight excluding hydrogens is 382 g/mol. The zero-order chi connectivity index (χ0) is 20.1. The van der Waals surface area contributed by atoms with Crippen LogP contribution in [0, 0.1) is 0 Å². The number of esters is 1. The third-order valence-electron chi connectivity index (χ3n) is 3.93. The second kappa shape index (κ2) is 8.37. The number of hydrogen-bond donors (Lipinski definition) is 1. The van der Waals surface area contributed by atoms with Crippen molar-refractivity contribution >= 4 is 33.3 Å². The summed E-state index contributed by atoms with van der Waals surface area (Å²) in [5.41, 5.74) is 0.853. The zero-order valence-corrected chi connectivity index (χ0v) is 16.2. The predicted molar refractivity (Wildman–Crippen MR) is 104 cm³/mol. The summed E-state index contributed by atoms with van der Waals surface area (Å²) in [5, 5.41) is 11.0. The van der Waals surface area contributed by atoms with E-state index in [2.05, 4.69) is 9.72 Å². The van der Waals surface area contributed by atoms with Crippen molar-refractivity contribution in [2.75, 3.05) is 7.11 Å². The fraction of sp³-hybridized carbons (Fsp3) is 0.250. The minimum Gasteiger partial charge on any atom is -0.464 e. The molecule has 0 saturated heterocycles. The third kappa shape index (κ3) is 4.47. The molecule has 146 valence electrons. The number of hydrogen-bond acceptors (Lipinski definition) is 8. The number of benzene rings is 2. The number of ketones is 1. The van der Waals surface area contributed by atoms with Gasteiger partial charge in [-0.3, -0.25) is 4.79 Å². The lowest BCUT2D eigenvalue weighted by atomic mass is 10.1. The van der Waals surface area contributed by atoms with Crippen LogP contribution in [0.4, 0.5) is 0 Å². The first kappa shape index (κ1) is 19.8. The molecule has 0 aliphatic carbocycles. The van der Waals surface area contributed by atoms with Gasteiger partial charge in [0, 0.05) is 6.42 Å². The zero-order valence-electron chi connectivity index (χ0n) is 15.4. The van der Waals surface area contributed by atoms with Gasteiger partial charge >= 0.3 is 11.8 Å². The second-order valence-electron chi connectivity index (χ2n) is 5.97. The van der Waals surface area contributed by atoms with E-state index in [9.17, 15) is 14.7 Å². The number of fused-ring (bicyclic) bond motifs is 1. The number of Topliss-reactive ketones (excluding diaryl/α,β-unsaturated/α-hetero) is 1. The third-order valence-corrected chi connectivity index (χ3v) is 4.84. The Hall–Kier alpha value is -2.97. The molecule has 0 aliphatic rings. The Morgan fingerprint density at radius 1 is 1.11 bits per heavy atom. The van der Waals surface area contributed by atoms with Gasteiger partial charge in [0.05, 0.1) is 23.7 Å². The number of thiazole rings is 1. The van der Waals surface area contributed by atoms with E-state index in [1.807, 2.05) is 24.3 Å². The van der Waals surface area contributed by atoms with Gasteiger partial charge in [-0.1, -0.05) is 30.4 Å². The molecule has 1 heterocycles. The lowest BCUT2D eigenvalue weighted by molar-refractivity contribution is -0.199. The highest BCUT2D eigenvalue weighted by Gasteiger charge is 2.42. The minimum absolute atomic E-state index is 0.164. The molecule has 7 nitrogen and oxygen atoms in total. The quantitative estimate of drug-likeness (QED) is 0.454. The molecule has 1 unspecified atom stereocenters. The van der Waals surface area contributed by atoms with E-state index >= 15 is 0 Å². The highest BCUT2D eigenvalue weighted by Crippen LogP contribution is 2.32. The Balaban J connectivity index is 1.73. The number of rotatable bonds is 8. The van der Waals surface area contributed by atoms with Gasteiger partial charge in [0.1, 0.15) is 17.3 Å². The van der Waals surface area contributed by atoms with E-state index in [0.717, 1.165) is 17.3 Å². The molecule has 1 atom stereocenters. The molecule has 1 N–H and O–H groups in total. The Morgan fingerprint density at radius 2 is 1.79 bits per heavy atom. The molecule has 0 fully saturated rings. The highest BCUT2D eigenvalue weighted by molar-refractivity contribution is 7.20. The van der Waals surface area contributed by atoms with Crippen molar-refractivity contribution in [3.63, 3.8) is 0 Å². The van der Waals surface area contributed by atoms with Crippen molar-refractivity contribution in [1.82, 2.24) is 4.98 Å². The monoisotopic (exact) mass is 401 g/mol. The Morgan fingerprint density at radius 3 is 2.43 bits per heavy atom. The molecule has 0 spiro atoms. The van der Waals surface area contributed by atoms with Gasteiger partial charge < -0.3 is 19.3 Å². The molecule has 1 aromatic heterocycles. The Bertz CT molecular complexity index is 951. The summed E-state index contributed by atoms with van der Waals surface area (Å²) in [7, 11) is 1.11. The van der Waals surface area contributed by atoms with E-state index in [4.69, 9.17) is 9.47 Å². The molecule has 3 aromatic rings. The van der Waals surface area contributed by atoms with Gasteiger partial charge in [0.25, 0.3) is 5.19 Å². The number of para-hydroxylation sites is 1. The van der Waals surface area contributed by atoms with Gasteiger partial charge in [0.15, 0.2) is 0 Å². The van der Waals surface area contributed by atoms with Crippen LogP contribution >= 0.6 is 11.3 Å². The van der Waals surface area contributed by atoms with Crippen LogP contribution in [0.25, 0.3) is 10.2 Å². The molecule has 0 bridgehead atoms. The van der Waals surface area contributed by atoms with E-state index in [-0.39, 0.29) is 18.0 Å². The molecule has 0 radical (unpaired) electrons. The lowest BCUT2D eigenvalue weighted by Gasteiger charge is -2.25. The van der Waals surface area contributed by atoms with Crippen molar-refractivity contribution in [2.45, 2.75) is 25.6 Å². The second-order valence-corrected chi connectivity index (χ2v) is 6.96. The van der Waals surface area contributed by atoms with E-state index in [0.29, 0.717) is 10.9 Å². The lowest BCUT2D eigenvalue weighted by Crippen LogP contribution is -2.47. The van der Waals surface area contributed by atoms with Gasteiger partial charge in [0.2, 0.25) is 0 Å². The molecule has 28 heavy (non-hydrogen) atoms. The summed E-state index contributed by atoms with van der Waals surface area (Å²) in [6, 6.07) is 14.0. The largest absolute Gasteiger partial charge is 0.464 e. The smallest absolute Gasteiger partial charge is 0.379 e. The molecule has 3 rings (SSSR count). The number of aliphatic hydroxyl groups is 1. The first-order valence-corrected chi connectivity index (χ1v) is 9.40. The van der Waals surface area contributed by atoms with Crippen molar-refractivity contribution in [3.8, 4) is 16.7 Å². The van der Waals surface area contributed by atoms with Crippen molar-refractivity contribution in [1.29, 1.82) is 0 Å². The number of aromatic nitrogens is 1. The average molecular weight is 401 g/mol. The molecule has 0 aliphatic heterocycles. The van der Waals surface area contributed by atoms with Crippen LogP contribution in [0.3, 0.4) is 0 Å². The van der Waals surface area contributed by atoms with Gasteiger partial charge in [-0.2, -0.15) is 0 Å². The van der Waals surface area contributed by atoms with Crippen LogP contribution in [0.2, 0.25) is 0 Å². The Labute approximate surface area is 165 Å². The summed E-state index contributed by atoms with van der Waals surface area (Å²) < 4.78 is 16.7. The van der Waals surface area contributed by atoms with Crippen molar-refractivity contribution < 1.29 is 28.9 Å². The fourth-order valence-electron chi connectivity index (χ4n) is 2.47. The first-order chi connectivity index (χ1) is 13.4. The first-order valence-electron chi connectivity index (χ1n) is 8.58. The topological polar surface area (TPSA) is 95.0 Å². The van der Waals surface area contributed by atoms with Gasteiger partial charge in [-0.05, 0) is 36.4 Å². The predicted octanol–water partition coefficient (Wildman–Crippen LogP) is 3.70. The molecule has 8 heteroatoms. The van der Waals surface area contributed by atoms with Gasteiger partial charge in [-0.25, -0.2) is 9.78 Å².